The van der Waals surface area contributed by atoms with Crippen LogP contribution in [-0.2, 0) is 0 Å². The largest absolute Gasteiger partial charge is 0.393 e. The van der Waals surface area contributed by atoms with E-state index in [1.54, 1.807) is 6.92 Å². The number of β-amino-alcohol motifs (C(OH)–C–C–N with tert-alkyl or cyclic N) is 1. The monoisotopic (exact) mass is 323 g/mol. The molecule has 6 nitrogen and oxygen atoms in total. The van der Waals surface area contributed by atoms with Crippen molar-refractivity contribution in [2.45, 2.75) is 12.5 Å². The van der Waals surface area contributed by atoms with Crippen molar-refractivity contribution in [3.05, 3.63) is 47.3 Å². The molecule has 2 N–H and O–H groups in total. The molecule has 2 heterocycles. The molecule has 0 bridgehead atoms. The molecule has 1 saturated heterocycles. The van der Waals surface area contributed by atoms with Crippen LogP contribution in [0.1, 0.15) is 16.2 Å². The number of benzene rings is 1. The highest BCUT2D eigenvalue weighted by molar-refractivity contribution is 5.93. The van der Waals surface area contributed by atoms with Gasteiger partial charge in [-0.1, -0.05) is 0 Å². The number of halogens is 2. The molecular weight excluding hydrogens is 308 g/mol. The third-order valence-corrected chi connectivity index (χ3v) is 3.80. The number of hydrogen-bond donors (Lipinski definition) is 2. The quantitative estimate of drug-likeness (QED) is 0.869. The summed E-state index contributed by atoms with van der Waals surface area (Å²) in [5.41, 5.74) is -0.627. The molecule has 1 aliphatic rings. The number of likely N-dealkylation sites (tertiary alicyclic amines) is 1. The van der Waals surface area contributed by atoms with E-state index in [1.165, 1.54) is 21.7 Å². The van der Waals surface area contributed by atoms with Gasteiger partial charge in [-0.15, -0.1) is 0 Å². The third-order valence-electron chi connectivity index (χ3n) is 3.80. The summed E-state index contributed by atoms with van der Waals surface area (Å²) >= 11 is 0. The molecular formula is C15H15F2N3O3. The number of nitrogens with zero attached hydrogens (tertiary/aromatic N) is 3. The second-order valence-corrected chi connectivity index (χ2v) is 5.72. The molecule has 1 amide bonds. The van der Waals surface area contributed by atoms with E-state index in [2.05, 4.69) is 5.10 Å². The van der Waals surface area contributed by atoms with Gasteiger partial charge in [0.25, 0.3) is 5.91 Å². The Labute approximate surface area is 130 Å². The Balaban J connectivity index is 1.86. The molecule has 122 valence electrons. The first kappa shape index (κ1) is 15.6. The fourth-order valence-electron chi connectivity index (χ4n) is 2.55. The summed E-state index contributed by atoms with van der Waals surface area (Å²) in [6.45, 7) is 1.25. The number of carbonyl (C=O) groups excluding carboxylic acids is 1. The van der Waals surface area contributed by atoms with Crippen LogP contribution >= 0.6 is 0 Å². The number of amides is 1. The Kier molecular flexibility index (Phi) is 3.65. The van der Waals surface area contributed by atoms with E-state index in [0.717, 1.165) is 12.1 Å². The molecule has 8 heteroatoms. The van der Waals surface area contributed by atoms with Crippen LogP contribution in [0.25, 0.3) is 5.69 Å². The van der Waals surface area contributed by atoms with Gasteiger partial charge in [-0.25, -0.2) is 13.5 Å². The molecule has 0 radical (unpaired) electrons. The van der Waals surface area contributed by atoms with E-state index in [-0.39, 0.29) is 24.5 Å². The van der Waals surface area contributed by atoms with Crippen molar-refractivity contribution in [2.24, 2.45) is 0 Å². The Morgan fingerprint density at radius 3 is 2.65 bits per heavy atom. The maximum Gasteiger partial charge on any atom is 0.274 e. The van der Waals surface area contributed by atoms with Crippen LogP contribution in [0.2, 0.25) is 0 Å². The van der Waals surface area contributed by atoms with Crippen LogP contribution in [0.4, 0.5) is 8.78 Å². The van der Waals surface area contributed by atoms with Gasteiger partial charge < -0.3 is 15.1 Å². The Morgan fingerprint density at radius 2 is 2.04 bits per heavy atom. The fourth-order valence-corrected chi connectivity index (χ4v) is 2.55. The summed E-state index contributed by atoms with van der Waals surface area (Å²) in [4.78, 5) is 13.6. The number of aliphatic hydroxyl groups excluding tert-OH is 1. The molecule has 1 fully saturated rings. The SMILES string of the molecule is Cc1cc(C(=O)N2CC(O)(CO)C2)nn1-c1ccc(F)cc1F. The van der Waals surface area contributed by atoms with Gasteiger partial charge in [0.15, 0.2) is 11.5 Å². The average Bonchev–Trinajstić information content (AvgIpc) is 2.85. The molecule has 1 aliphatic heterocycles. The van der Waals surface area contributed by atoms with Crippen LogP contribution in [0.15, 0.2) is 24.3 Å². The number of hydrogen-bond acceptors (Lipinski definition) is 4. The van der Waals surface area contributed by atoms with Crippen molar-refractivity contribution in [2.75, 3.05) is 19.7 Å². The molecule has 1 aromatic carbocycles. The van der Waals surface area contributed by atoms with E-state index in [9.17, 15) is 18.7 Å². The number of aryl methyl sites for hydroxylation is 1. The Bertz CT molecular complexity index is 769. The lowest BCUT2D eigenvalue weighted by Crippen LogP contribution is -2.65. The van der Waals surface area contributed by atoms with E-state index in [4.69, 9.17) is 5.11 Å². The molecule has 0 aliphatic carbocycles. The van der Waals surface area contributed by atoms with Gasteiger partial charge in [0, 0.05) is 11.8 Å². The van der Waals surface area contributed by atoms with Crippen LogP contribution in [0.5, 0.6) is 0 Å². The lowest BCUT2D eigenvalue weighted by molar-refractivity contribution is -0.110. The zero-order valence-electron chi connectivity index (χ0n) is 12.3. The summed E-state index contributed by atoms with van der Waals surface area (Å²) in [7, 11) is 0. The Morgan fingerprint density at radius 1 is 1.35 bits per heavy atom. The normalized spacial score (nSPS) is 16.3. The fraction of sp³-hybridized carbons (Fsp3) is 0.333. The second-order valence-electron chi connectivity index (χ2n) is 5.72. The number of aromatic nitrogens is 2. The van der Waals surface area contributed by atoms with Crippen molar-refractivity contribution < 1.29 is 23.8 Å². The third kappa shape index (κ3) is 2.71. The van der Waals surface area contributed by atoms with Gasteiger partial charge in [0.1, 0.15) is 17.1 Å². The summed E-state index contributed by atoms with van der Waals surface area (Å²) in [6.07, 6.45) is 0. The first-order valence-corrected chi connectivity index (χ1v) is 6.97. The average molecular weight is 323 g/mol. The first-order valence-electron chi connectivity index (χ1n) is 6.97. The van der Waals surface area contributed by atoms with E-state index in [1.807, 2.05) is 0 Å². The maximum absolute atomic E-state index is 13.9. The van der Waals surface area contributed by atoms with E-state index >= 15 is 0 Å². The summed E-state index contributed by atoms with van der Waals surface area (Å²) in [5.74, 6) is -1.91. The molecule has 0 atom stereocenters. The van der Waals surface area contributed by atoms with Gasteiger partial charge in [-0.05, 0) is 25.1 Å². The topological polar surface area (TPSA) is 78.6 Å². The molecule has 1 aromatic heterocycles. The minimum Gasteiger partial charge on any atom is -0.393 e. The van der Waals surface area contributed by atoms with Crippen molar-refractivity contribution in [3.8, 4) is 5.69 Å². The highest BCUT2D eigenvalue weighted by Gasteiger charge is 2.43. The molecule has 0 saturated carbocycles. The highest BCUT2D eigenvalue weighted by Crippen LogP contribution is 2.23. The number of rotatable bonds is 3. The highest BCUT2D eigenvalue weighted by atomic mass is 19.1. The molecule has 23 heavy (non-hydrogen) atoms. The zero-order valence-corrected chi connectivity index (χ0v) is 12.3. The molecule has 3 rings (SSSR count). The lowest BCUT2D eigenvalue weighted by atomic mass is 9.95. The van der Waals surface area contributed by atoms with Gasteiger partial charge in [-0.2, -0.15) is 5.10 Å². The van der Waals surface area contributed by atoms with Crippen LogP contribution in [0.3, 0.4) is 0 Å². The smallest absolute Gasteiger partial charge is 0.274 e. The predicted octanol–water partition coefficient (Wildman–Crippen LogP) is 0.638. The van der Waals surface area contributed by atoms with Crippen molar-refractivity contribution in [1.29, 1.82) is 0 Å². The molecule has 0 spiro atoms. The minimum absolute atomic E-state index is 0.0130. The van der Waals surface area contributed by atoms with Gasteiger partial charge in [-0.3, -0.25) is 4.79 Å². The van der Waals surface area contributed by atoms with Crippen molar-refractivity contribution in [1.82, 2.24) is 14.7 Å². The second kappa shape index (κ2) is 5.39. The Hall–Kier alpha value is -2.32. The van der Waals surface area contributed by atoms with Gasteiger partial charge in [0.2, 0.25) is 0 Å². The standard InChI is InChI=1S/C15H15F2N3O3/c1-9-4-12(14(22)19-6-15(23,7-19)8-21)18-20(9)13-3-2-10(16)5-11(13)17/h2-5,21,23H,6-8H2,1H3. The van der Waals surface area contributed by atoms with Gasteiger partial charge in [0.05, 0.1) is 19.7 Å². The first-order chi connectivity index (χ1) is 10.8. The number of aliphatic hydroxyl groups is 2. The number of carbonyl (C=O) groups is 1. The predicted molar refractivity (Wildman–Crippen MR) is 76.2 cm³/mol. The van der Waals surface area contributed by atoms with E-state index < -0.39 is 29.7 Å². The van der Waals surface area contributed by atoms with Crippen molar-refractivity contribution >= 4 is 5.91 Å². The maximum atomic E-state index is 13.9. The summed E-state index contributed by atoms with van der Waals surface area (Å²) in [5, 5.41) is 22.8. The van der Waals surface area contributed by atoms with Crippen LogP contribution in [-0.4, -0.2) is 56.1 Å². The lowest BCUT2D eigenvalue weighted by Gasteiger charge is -2.44. The molecule has 0 unspecified atom stereocenters. The zero-order chi connectivity index (χ0) is 16.8. The summed E-state index contributed by atoms with van der Waals surface area (Å²) < 4.78 is 28.1. The van der Waals surface area contributed by atoms with Crippen LogP contribution < -0.4 is 0 Å². The minimum atomic E-state index is -1.27. The van der Waals surface area contributed by atoms with Crippen LogP contribution in [0, 0.1) is 18.6 Å². The van der Waals surface area contributed by atoms with E-state index in [0.29, 0.717) is 5.69 Å². The molecule has 2 aromatic rings. The van der Waals surface area contributed by atoms with Gasteiger partial charge >= 0.3 is 0 Å². The van der Waals surface area contributed by atoms with Crippen molar-refractivity contribution in [3.63, 3.8) is 0 Å². The summed E-state index contributed by atoms with van der Waals surface area (Å²) in [6, 6.07) is 4.58.